The van der Waals surface area contributed by atoms with Crippen LogP contribution in [0.2, 0.25) is 0 Å². The maximum atomic E-state index is 14.7. The van der Waals surface area contributed by atoms with Gasteiger partial charge in [-0.1, -0.05) is 32.0 Å². The van der Waals surface area contributed by atoms with Crippen LogP contribution in [0, 0.1) is 12.4 Å². The van der Waals surface area contributed by atoms with Gasteiger partial charge in [0.2, 0.25) is 0 Å². The normalized spacial score (nSPS) is 17.4. The Labute approximate surface area is 237 Å². The van der Waals surface area contributed by atoms with Gasteiger partial charge in [-0.05, 0) is 59.4 Å². The lowest BCUT2D eigenvalue weighted by Gasteiger charge is -2.24. The zero-order valence-corrected chi connectivity index (χ0v) is 22.8. The van der Waals surface area contributed by atoms with E-state index in [-0.39, 0.29) is 30.0 Å². The highest BCUT2D eigenvalue weighted by atomic mass is 19.4. The third-order valence-corrected chi connectivity index (χ3v) is 7.12. The van der Waals surface area contributed by atoms with Gasteiger partial charge in [0.05, 0.1) is 30.9 Å². The van der Waals surface area contributed by atoms with Crippen molar-refractivity contribution >= 4 is 11.8 Å². The van der Waals surface area contributed by atoms with E-state index in [1.807, 2.05) is 0 Å². The predicted molar refractivity (Wildman–Crippen MR) is 139 cm³/mol. The van der Waals surface area contributed by atoms with Gasteiger partial charge >= 0.3 is 18.4 Å². The number of halogens is 7. The molecule has 1 aliphatic heterocycles. The summed E-state index contributed by atoms with van der Waals surface area (Å²) >= 11 is 0. The highest BCUT2D eigenvalue weighted by Crippen LogP contribution is 2.43. The van der Waals surface area contributed by atoms with Crippen molar-refractivity contribution in [2.75, 3.05) is 7.11 Å². The number of carbonyl (C=O) groups excluding carboxylic acids is 1. The second-order valence-corrected chi connectivity index (χ2v) is 10.2. The van der Waals surface area contributed by atoms with Crippen LogP contribution < -0.4 is 4.74 Å². The summed E-state index contributed by atoms with van der Waals surface area (Å²) in [7, 11) is 1.36. The van der Waals surface area contributed by atoms with Crippen LogP contribution in [-0.2, 0) is 23.6 Å². The molecule has 0 aromatic heterocycles. The summed E-state index contributed by atoms with van der Waals surface area (Å²) in [4.78, 5) is 17.6. The van der Waals surface area contributed by atoms with E-state index in [1.165, 1.54) is 32.2 Å². The molecular formula is C30H25F7N2O3. The number of nitrogens with zero attached hydrogens (tertiary/aromatic N) is 2. The van der Waals surface area contributed by atoms with Crippen LogP contribution in [0.3, 0.4) is 0 Å². The van der Waals surface area contributed by atoms with Gasteiger partial charge in [0.1, 0.15) is 17.7 Å². The van der Waals surface area contributed by atoms with Gasteiger partial charge in [0.25, 0.3) is 0 Å². The van der Waals surface area contributed by atoms with E-state index in [9.17, 15) is 35.5 Å². The Bertz CT molecular complexity index is 1530. The molecule has 0 radical (unpaired) electrons. The van der Waals surface area contributed by atoms with Gasteiger partial charge in [-0.25, -0.2) is 14.0 Å². The molecule has 3 aromatic rings. The lowest BCUT2D eigenvalue weighted by Crippen LogP contribution is -2.31. The number of hydrogen-bond acceptors (Lipinski definition) is 3. The minimum Gasteiger partial charge on any atom is -0.496 e. The van der Waals surface area contributed by atoms with Crippen LogP contribution in [0.15, 0.2) is 48.5 Å². The summed E-state index contributed by atoms with van der Waals surface area (Å²) in [5, 5.41) is 0. The molecule has 1 amide bonds. The average Bonchev–Trinajstić information content (AvgIpc) is 3.20. The summed E-state index contributed by atoms with van der Waals surface area (Å²) < 4.78 is 106. The van der Waals surface area contributed by atoms with Gasteiger partial charge in [0, 0.05) is 18.2 Å². The molecule has 0 spiro atoms. The third-order valence-electron chi connectivity index (χ3n) is 7.12. The Hall–Kier alpha value is -4.27. The molecule has 0 aliphatic carbocycles. The van der Waals surface area contributed by atoms with Crippen molar-refractivity contribution in [1.82, 2.24) is 4.90 Å². The Morgan fingerprint density at radius 3 is 2.12 bits per heavy atom. The number of amides is 1. The molecule has 0 unspecified atom stereocenters. The van der Waals surface area contributed by atoms with Crippen molar-refractivity contribution in [3.8, 4) is 16.9 Å². The van der Waals surface area contributed by atoms with E-state index in [4.69, 9.17) is 16.0 Å². The van der Waals surface area contributed by atoms with Crippen molar-refractivity contribution < 1.29 is 45.0 Å². The van der Waals surface area contributed by atoms with E-state index >= 15 is 0 Å². The Kier molecular flexibility index (Phi) is 8.18. The molecular weight excluding hydrogens is 569 g/mol. The van der Waals surface area contributed by atoms with Crippen LogP contribution >= 0.6 is 0 Å². The minimum absolute atomic E-state index is 0.00628. The zero-order chi connectivity index (χ0) is 31.1. The first-order valence-corrected chi connectivity index (χ1v) is 12.7. The molecule has 12 heteroatoms. The number of rotatable bonds is 6. The molecule has 42 heavy (non-hydrogen) atoms. The molecule has 1 saturated heterocycles. The number of ether oxygens (including phenoxy) is 2. The monoisotopic (exact) mass is 594 g/mol. The van der Waals surface area contributed by atoms with Crippen molar-refractivity contribution in [3.05, 3.63) is 93.6 Å². The maximum absolute atomic E-state index is 14.7. The second-order valence-electron chi connectivity index (χ2n) is 10.2. The Morgan fingerprint density at radius 2 is 1.60 bits per heavy atom. The first-order valence-electron chi connectivity index (χ1n) is 12.7. The minimum atomic E-state index is -5.07. The van der Waals surface area contributed by atoms with Gasteiger partial charge in [-0.15, -0.1) is 0 Å². The van der Waals surface area contributed by atoms with Crippen LogP contribution in [0.5, 0.6) is 5.75 Å². The topological polar surface area (TPSA) is 43.1 Å². The Morgan fingerprint density at radius 1 is 0.976 bits per heavy atom. The fraction of sp³-hybridized carbons (Fsp3) is 0.333. The lowest BCUT2D eigenvalue weighted by atomic mass is 9.92. The van der Waals surface area contributed by atoms with E-state index in [2.05, 4.69) is 4.85 Å². The van der Waals surface area contributed by atoms with E-state index in [1.54, 1.807) is 26.0 Å². The van der Waals surface area contributed by atoms with E-state index in [0.29, 0.717) is 34.4 Å². The summed E-state index contributed by atoms with van der Waals surface area (Å²) in [5.74, 6) is -0.486. The number of benzene rings is 3. The highest BCUT2D eigenvalue weighted by Gasteiger charge is 2.43. The number of carbonyl (C=O) groups is 1. The average molecular weight is 595 g/mol. The Balaban J connectivity index is 1.78. The van der Waals surface area contributed by atoms with Crippen LogP contribution in [-0.4, -0.2) is 24.1 Å². The van der Waals surface area contributed by atoms with Gasteiger partial charge in [0.15, 0.2) is 5.69 Å². The number of methoxy groups -OCH3 is 1. The van der Waals surface area contributed by atoms with Gasteiger partial charge < -0.3 is 9.47 Å². The van der Waals surface area contributed by atoms with Crippen molar-refractivity contribution in [2.24, 2.45) is 0 Å². The largest absolute Gasteiger partial charge is 0.496 e. The molecule has 0 bridgehead atoms. The molecule has 0 N–H and O–H groups in total. The van der Waals surface area contributed by atoms with Crippen LogP contribution in [0.1, 0.15) is 60.6 Å². The fourth-order valence-electron chi connectivity index (χ4n) is 4.92. The number of cyclic esters (lactones) is 1. The van der Waals surface area contributed by atoms with Gasteiger partial charge in [-0.2, -0.15) is 26.3 Å². The lowest BCUT2D eigenvalue weighted by molar-refractivity contribution is -0.143. The standard InChI is InChI=1S/C30H25F7N2O3/c1-15(2)23-12-24(26(41-5)13-25(23)31)22-7-6-21(38-4)10-18(22)14-39-16(3)27(42-28(39)40)17-8-19(29(32,33)34)11-20(9-17)30(35,36)37/h6-13,15-16,27H,14H2,1-3,5H3/t16-,27-/m0/s1. The zero-order valence-electron chi connectivity index (χ0n) is 22.8. The molecule has 1 aliphatic rings. The molecule has 222 valence electrons. The van der Waals surface area contributed by atoms with Crippen LogP contribution in [0.4, 0.5) is 41.2 Å². The summed E-state index contributed by atoms with van der Waals surface area (Å²) in [5.41, 5.74) is -1.53. The summed E-state index contributed by atoms with van der Waals surface area (Å²) in [6, 6.07) is 7.55. The molecule has 3 aromatic carbocycles. The first kappa shape index (κ1) is 30.7. The first-order chi connectivity index (χ1) is 19.5. The summed E-state index contributed by atoms with van der Waals surface area (Å²) in [6.07, 6.45) is -12.5. The molecule has 0 saturated carbocycles. The van der Waals surface area contributed by atoms with E-state index in [0.717, 1.165) is 4.90 Å². The highest BCUT2D eigenvalue weighted by molar-refractivity contribution is 5.78. The summed E-state index contributed by atoms with van der Waals surface area (Å²) in [6.45, 7) is 12.3. The molecule has 1 heterocycles. The van der Waals surface area contributed by atoms with E-state index < -0.39 is 53.1 Å². The predicted octanol–water partition coefficient (Wildman–Crippen LogP) is 9.30. The van der Waals surface area contributed by atoms with Crippen LogP contribution in [0.25, 0.3) is 16.0 Å². The van der Waals surface area contributed by atoms with Crippen molar-refractivity contribution in [2.45, 2.75) is 57.7 Å². The molecule has 1 fully saturated rings. The quantitative estimate of drug-likeness (QED) is 0.211. The fourth-order valence-corrected chi connectivity index (χ4v) is 4.92. The molecule has 2 atom stereocenters. The van der Waals surface area contributed by atoms with Crippen molar-refractivity contribution in [1.29, 1.82) is 0 Å². The van der Waals surface area contributed by atoms with Gasteiger partial charge in [-0.3, -0.25) is 4.90 Å². The smallest absolute Gasteiger partial charge is 0.416 e. The SMILES string of the molecule is [C-]#[N+]c1ccc(-c2cc(C(C)C)c(F)cc2OC)c(CN2C(=O)O[C@H](c3cc(C(F)(F)F)cc(C(F)(F)F)c3)[C@@H]2C)c1. The molecule has 5 nitrogen and oxygen atoms in total. The molecule has 4 rings (SSSR count). The number of hydrogen-bond donors (Lipinski definition) is 0. The third kappa shape index (κ3) is 6.00. The second kappa shape index (κ2) is 11.2. The van der Waals surface area contributed by atoms with Crippen molar-refractivity contribution in [3.63, 3.8) is 0 Å². The maximum Gasteiger partial charge on any atom is 0.416 e. The number of alkyl halides is 6.